The zero-order chi connectivity index (χ0) is 12.5. The molecule has 1 aromatic heterocycles. The Hall–Kier alpha value is -1.23. The Bertz CT molecular complexity index is 371. The molecule has 0 unspecified atom stereocenters. The first-order valence-corrected chi connectivity index (χ1v) is 5.68. The molecule has 1 aromatic rings. The lowest BCUT2D eigenvalue weighted by Crippen LogP contribution is -2.38. The number of hydrogen-bond donors (Lipinski definition) is 1. The van der Waals surface area contributed by atoms with E-state index in [2.05, 4.69) is 4.98 Å². The Morgan fingerprint density at radius 3 is 2.71 bits per heavy atom. The van der Waals surface area contributed by atoms with Crippen LogP contribution >= 0.6 is 0 Å². The average molecular weight is 242 g/mol. The first-order valence-electron chi connectivity index (χ1n) is 5.68. The van der Waals surface area contributed by atoms with E-state index in [1.807, 2.05) is 13.0 Å². The number of hydrogen-bond acceptors (Lipinski definition) is 3. The quantitative estimate of drug-likeness (QED) is 0.882. The van der Waals surface area contributed by atoms with Gasteiger partial charge in [0.2, 0.25) is 11.8 Å². The third-order valence-electron chi connectivity index (χ3n) is 2.93. The number of alkyl halides is 2. The number of halogens is 2. The molecule has 0 amide bonds. The molecule has 0 bridgehead atoms. The van der Waals surface area contributed by atoms with Crippen LogP contribution in [-0.2, 0) is 0 Å². The highest BCUT2D eigenvalue weighted by Crippen LogP contribution is 2.42. The van der Waals surface area contributed by atoms with Crippen molar-refractivity contribution in [2.75, 3.05) is 6.61 Å². The average Bonchev–Trinajstić information content (AvgIpc) is 2.24. The number of nitrogens with zero attached hydrogens (tertiary/aromatic N) is 1. The van der Waals surface area contributed by atoms with Gasteiger partial charge in [0.25, 0.3) is 0 Å². The van der Waals surface area contributed by atoms with Crippen LogP contribution in [0.3, 0.4) is 0 Å². The van der Waals surface area contributed by atoms with Gasteiger partial charge >= 0.3 is 0 Å². The molecule has 17 heavy (non-hydrogen) atoms. The van der Waals surface area contributed by atoms with Gasteiger partial charge in [0, 0.05) is 37.1 Å². The fourth-order valence-corrected chi connectivity index (χ4v) is 1.85. The van der Waals surface area contributed by atoms with Gasteiger partial charge in [-0.1, -0.05) is 6.07 Å². The van der Waals surface area contributed by atoms with Gasteiger partial charge in [-0.2, -0.15) is 0 Å². The van der Waals surface area contributed by atoms with Crippen molar-refractivity contribution in [2.45, 2.75) is 31.7 Å². The van der Waals surface area contributed by atoms with E-state index < -0.39 is 5.92 Å². The molecule has 0 spiro atoms. The molecular formula is C12H16F2N2O. The highest BCUT2D eigenvalue weighted by Gasteiger charge is 2.45. The molecule has 1 aliphatic rings. The minimum absolute atomic E-state index is 0.0556. The summed E-state index contributed by atoms with van der Waals surface area (Å²) >= 11 is 0. The summed E-state index contributed by atoms with van der Waals surface area (Å²) in [5.41, 5.74) is 6.61. The van der Waals surface area contributed by atoms with Crippen LogP contribution in [0.4, 0.5) is 8.78 Å². The van der Waals surface area contributed by atoms with Crippen molar-refractivity contribution >= 4 is 0 Å². The molecule has 1 fully saturated rings. The van der Waals surface area contributed by atoms with Crippen molar-refractivity contribution in [1.82, 2.24) is 4.98 Å². The monoisotopic (exact) mass is 242 g/mol. The Morgan fingerprint density at radius 1 is 1.53 bits per heavy atom. The minimum Gasteiger partial charge on any atom is -0.477 e. The van der Waals surface area contributed by atoms with Crippen molar-refractivity contribution in [3.05, 3.63) is 23.9 Å². The SMILES string of the molecule is C[C@@H](N)c1ccc(OCC2CC(F)(F)C2)nc1. The standard InChI is InChI=1S/C12H16F2N2O/c1-8(15)10-2-3-11(16-6-10)17-7-9-4-12(13,14)5-9/h2-3,6,8-9H,4-5,7,15H2,1H3/t8-/m1/s1. The Balaban J connectivity index is 1.80. The van der Waals surface area contributed by atoms with Crippen molar-refractivity contribution in [2.24, 2.45) is 11.7 Å². The van der Waals surface area contributed by atoms with Gasteiger partial charge in [0.15, 0.2) is 0 Å². The molecule has 0 radical (unpaired) electrons. The summed E-state index contributed by atoms with van der Waals surface area (Å²) in [5, 5.41) is 0. The molecule has 1 aliphatic carbocycles. The Morgan fingerprint density at radius 2 is 2.24 bits per heavy atom. The van der Waals surface area contributed by atoms with Gasteiger partial charge in [-0.3, -0.25) is 0 Å². The van der Waals surface area contributed by atoms with Gasteiger partial charge in [0.05, 0.1) is 6.61 Å². The van der Waals surface area contributed by atoms with E-state index in [0.29, 0.717) is 12.5 Å². The Labute approximate surface area is 99.0 Å². The lowest BCUT2D eigenvalue weighted by molar-refractivity contribution is -0.119. The van der Waals surface area contributed by atoms with Gasteiger partial charge in [-0.25, -0.2) is 13.8 Å². The number of nitrogens with two attached hydrogens (primary N) is 1. The molecule has 0 aromatic carbocycles. The highest BCUT2D eigenvalue weighted by molar-refractivity contribution is 5.20. The predicted molar refractivity (Wildman–Crippen MR) is 60.0 cm³/mol. The topological polar surface area (TPSA) is 48.1 Å². The number of rotatable bonds is 4. The maximum absolute atomic E-state index is 12.6. The molecule has 1 heterocycles. The first-order chi connectivity index (χ1) is 7.96. The van der Waals surface area contributed by atoms with Crippen LogP contribution in [0.5, 0.6) is 5.88 Å². The zero-order valence-corrected chi connectivity index (χ0v) is 9.70. The van der Waals surface area contributed by atoms with Crippen LogP contribution < -0.4 is 10.5 Å². The number of pyridine rings is 1. The van der Waals surface area contributed by atoms with Gasteiger partial charge in [-0.05, 0) is 12.5 Å². The van der Waals surface area contributed by atoms with Gasteiger partial charge < -0.3 is 10.5 Å². The number of ether oxygens (including phenoxy) is 1. The second kappa shape index (κ2) is 4.56. The highest BCUT2D eigenvalue weighted by atomic mass is 19.3. The summed E-state index contributed by atoms with van der Waals surface area (Å²) in [6.45, 7) is 2.17. The van der Waals surface area contributed by atoms with Crippen molar-refractivity contribution < 1.29 is 13.5 Å². The summed E-state index contributed by atoms with van der Waals surface area (Å²) in [6.07, 6.45) is 1.49. The fourth-order valence-electron chi connectivity index (χ4n) is 1.85. The maximum Gasteiger partial charge on any atom is 0.248 e. The van der Waals surface area contributed by atoms with E-state index in [4.69, 9.17) is 10.5 Å². The molecule has 94 valence electrons. The molecule has 1 atom stereocenters. The van der Waals surface area contributed by atoms with Gasteiger partial charge in [-0.15, -0.1) is 0 Å². The second-order valence-corrected chi connectivity index (χ2v) is 4.66. The maximum atomic E-state index is 12.6. The van der Waals surface area contributed by atoms with Crippen LogP contribution in [0.1, 0.15) is 31.4 Å². The normalized spacial score (nSPS) is 20.7. The van der Waals surface area contributed by atoms with Crippen LogP contribution in [0.15, 0.2) is 18.3 Å². The third-order valence-corrected chi connectivity index (χ3v) is 2.93. The summed E-state index contributed by atoms with van der Waals surface area (Å²) < 4.78 is 30.5. The minimum atomic E-state index is -2.49. The summed E-state index contributed by atoms with van der Waals surface area (Å²) in [7, 11) is 0. The predicted octanol–water partition coefficient (Wildman–Crippen LogP) is 2.53. The summed E-state index contributed by atoms with van der Waals surface area (Å²) in [4.78, 5) is 4.08. The lowest BCUT2D eigenvalue weighted by Gasteiger charge is -2.34. The molecule has 5 heteroatoms. The molecule has 0 aliphatic heterocycles. The molecule has 0 saturated heterocycles. The van der Waals surface area contributed by atoms with Crippen LogP contribution in [-0.4, -0.2) is 17.5 Å². The smallest absolute Gasteiger partial charge is 0.248 e. The van der Waals surface area contributed by atoms with Crippen LogP contribution in [0.2, 0.25) is 0 Å². The zero-order valence-electron chi connectivity index (χ0n) is 9.70. The fraction of sp³-hybridized carbons (Fsp3) is 0.583. The summed E-state index contributed by atoms with van der Waals surface area (Å²) in [6, 6.07) is 3.49. The van der Waals surface area contributed by atoms with E-state index >= 15 is 0 Å². The first kappa shape index (κ1) is 12.2. The molecule has 2 N–H and O–H groups in total. The van der Waals surface area contributed by atoms with E-state index in [-0.39, 0.29) is 24.8 Å². The van der Waals surface area contributed by atoms with Crippen LogP contribution in [0, 0.1) is 5.92 Å². The van der Waals surface area contributed by atoms with Crippen molar-refractivity contribution in [3.63, 3.8) is 0 Å². The molecule has 3 nitrogen and oxygen atoms in total. The van der Waals surface area contributed by atoms with E-state index in [1.54, 1.807) is 12.3 Å². The Kier molecular flexibility index (Phi) is 3.28. The van der Waals surface area contributed by atoms with Crippen molar-refractivity contribution in [3.8, 4) is 5.88 Å². The van der Waals surface area contributed by atoms with Gasteiger partial charge in [0.1, 0.15) is 0 Å². The lowest BCUT2D eigenvalue weighted by atomic mass is 9.82. The van der Waals surface area contributed by atoms with Crippen LogP contribution in [0.25, 0.3) is 0 Å². The third kappa shape index (κ3) is 3.12. The van der Waals surface area contributed by atoms with E-state index in [0.717, 1.165) is 5.56 Å². The van der Waals surface area contributed by atoms with E-state index in [9.17, 15) is 8.78 Å². The molecule has 2 rings (SSSR count). The van der Waals surface area contributed by atoms with E-state index in [1.165, 1.54) is 0 Å². The van der Waals surface area contributed by atoms with Crippen molar-refractivity contribution in [1.29, 1.82) is 0 Å². The molecular weight excluding hydrogens is 226 g/mol. The number of aromatic nitrogens is 1. The largest absolute Gasteiger partial charge is 0.477 e. The molecule has 1 saturated carbocycles. The summed E-state index contributed by atoms with van der Waals surface area (Å²) in [5.74, 6) is -2.08. The second-order valence-electron chi connectivity index (χ2n) is 4.66.